The van der Waals surface area contributed by atoms with E-state index in [1.54, 1.807) is 17.5 Å². The summed E-state index contributed by atoms with van der Waals surface area (Å²) in [6, 6.07) is 12.2. The third-order valence-corrected chi connectivity index (χ3v) is 6.63. The molecule has 0 bridgehead atoms. The Kier molecular flexibility index (Phi) is 4.89. The molecule has 1 atom stereocenters. The minimum absolute atomic E-state index is 0.00619. The van der Waals surface area contributed by atoms with Gasteiger partial charge in [0.1, 0.15) is 10.3 Å². The Labute approximate surface area is 173 Å². The first-order valence-corrected chi connectivity index (χ1v) is 10.9. The third kappa shape index (κ3) is 3.70. The van der Waals surface area contributed by atoms with E-state index in [0.29, 0.717) is 6.54 Å². The van der Waals surface area contributed by atoms with Crippen LogP contribution >= 0.6 is 11.3 Å². The molecule has 1 unspecified atom stereocenters. The lowest BCUT2D eigenvalue weighted by atomic mass is 9.97. The number of H-pyrrole nitrogens is 1. The summed E-state index contributed by atoms with van der Waals surface area (Å²) in [5.74, 6) is 0.153. The summed E-state index contributed by atoms with van der Waals surface area (Å²) in [7, 11) is 0. The van der Waals surface area contributed by atoms with Gasteiger partial charge in [-0.3, -0.25) is 4.79 Å². The number of aromatic amines is 1. The lowest BCUT2D eigenvalue weighted by molar-refractivity contribution is -0.125. The van der Waals surface area contributed by atoms with E-state index >= 15 is 0 Å². The van der Waals surface area contributed by atoms with E-state index in [4.69, 9.17) is 4.98 Å². The average Bonchev–Trinajstić information content (AvgIpc) is 3.38. The van der Waals surface area contributed by atoms with Crippen LogP contribution in [0.25, 0.3) is 21.3 Å². The molecule has 7 heteroatoms. The number of hydrogen-bond acceptors (Lipinski definition) is 5. The second kappa shape index (κ2) is 7.83. The number of piperidine rings is 1. The van der Waals surface area contributed by atoms with Gasteiger partial charge >= 0.3 is 0 Å². The standard InChI is InChI=1S/C22H23N5OS/c28-20(23-11-9-15-13-25-18-7-2-1-6-17(15)18)16-5-4-12-27(14-16)22-26-19-8-3-10-24-21(19)29-22/h1-3,6-8,10,13,16,25H,4-5,9,11-12,14H2,(H,23,28). The van der Waals surface area contributed by atoms with Gasteiger partial charge in [0, 0.05) is 42.9 Å². The van der Waals surface area contributed by atoms with Crippen molar-refractivity contribution in [2.45, 2.75) is 19.3 Å². The first kappa shape index (κ1) is 18.1. The number of hydrogen-bond donors (Lipinski definition) is 2. The van der Waals surface area contributed by atoms with Crippen molar-refractivity contribution in [3.63, 3.8) is 0 Å². The molecule has 6 nitrogen and oxygen atoms in total. The van der Waals surface area contributed by atoms with Crippen LogP contribution in [-0.4, -0.2) is 40.5 Å². The molecule has 3 aromatic heterocycles. The monoisotopic (exact) mass is 405 g/mol. The highest BCUT2D eigenvalue weighted by Gasteiger charge is 2.27. The molecule has 0 saturated carbocycles. The molecule has 1 amide bonds. The number of thiazole rings is 1. The predicted molar refractivity (Wildman–Crippen MR) is 117 cm³/mol. The maximum absolute atomic E-state index is 12.8. The Morgan fingerprint density at radius 3 is 3.14 bits per heavy atom. The second-order valence-electron chi connectivity index (χ2n) is 7.51. The number of carbonyl (C=O) groups excluding carboxylic acids is 1. The van der Waals surface area contributed by atoms with Crippen molar-refractivity contribution < 1.29 is 4.79 Å². The number of nitrogens with zero attached hydrogens (tertiary/aromatic N) is 3. The van der Waals surface area contributed by atoms with Crippen LogP contribution < -0.4 is 10.2 Å². The zero-order chi connectivity index (χ0) is 19.6. The lowest BCUT2D eigenvalue weighted by Crippen LogP contribution is -2.43. The Bertz CT molecular complexity index is 1120. The van der Waals surface area contributed by atoms with Gasteiger partial charge in [-0.15, -0.1) is 0 Å². The van der Waals surface area contributed by atoms with Crippen molar-refractivity contribution in [1.29, 1.82) is 0 Å². The van der Waals surface area contributed by atoms with Crippen LogP contribution in [0.15, 0.2) is 48.8 Å². The Balaban J connectivity index is 1.19. The fourth-order valence-corrected chi connectivity index (χ4v) is 5.01. The topological polar surface area (TPSA) is 73.9 Å². The SMILES string of the molecule is O=C(NCCc1c[nH]c2ccccc12)C1CCCN(c2nc3cccnc3s2)C1. The molecule has 4 heterocycles. The molecule has 4 aromatic rings. The van der Waals surface area contributed by atoms with Crippen molar-refractivity contribution >= 4 is 43.6 Å². The summed E-state index contributed by atoms with van der Waals surface area (Å²) in [4.78, 5) is 28.3. The van der Waals surface area contributed by atoms with E-state index in [9.17, 15) is 4.79 Å². The normalized spacial score (nSPS) is 17.1. The molecule has 1 saturated heterocycles. The molecule has 0 spiro atoms. The van der Waals surface area contributed by atoms with Gasteiger partial charge in [0.15, 0.2) is 5.13 Å². The van der Waals surface area contributed by atoms with Gasteiger partial charge in [0.25, 0.3) is 0 Å². The zero-order valence-corrected chi connectivity index (χ0v) is 16.9. The number of carbonyl (C=O) groups is 1. The summed E-state index contributed by atoms with van der Waals surface area (Å²) in [6.45, 7) is 2.32. The van der Waals surface area contributed by atoms with Crippen molar-refractivity contribution in [2.24, 2.45) is 5.92 Å². The number of benzene rings is 1. The van der Waals surface area contributed by atoms with E-state index in [0.717, 1.165) is 53.3 Å². The zero-order valence-electron chi connectivity index (χ0n) is 16.1. The van der Waals surface area contributed by atoms with Crippen LogP contribution in [0.2, 0.25) is 0 Å². The molecular weight excluding hydrogens is 382 g/mol. The average molecular weight is 406 g/mol. The van der Waals surface area contributed by atoms with Crippen molar-refractivity contribution in [1.82, 2.24) is 20.3 Å². The number of para-hydroxylation sites is 1. The first-order chi connectivity index (χ1) is 14.3. The molecule has 0 aliphatic carbocycles. The summed E-state index contributed by atoms with van der Waals surface area (Å²) in [5.41, 5.74) is 3.31. The van der Waals surface area contributed by atoms with Crippen molar-refractivity contribution in [3.05, 3.63) is 54.4 Å². The highest BCUT2D eigenvalue weighted by molar-refractivity contribution is 7.21. The lowest BCUT2D eigenvalue weighted by Gasteiger charge is -2.31. The fraction of sp³-hybridized carbons (Fsp3) is 0.318. The van der Waals surface area contributed by atoms with Crippen LogP contribution in [0.1, 0.15) is 18.4 Å². The van der Waals surface area contributed by atoms with E-state index < -0.39 is 0 Å². The number of anilines is 1. The van der Waals surface area contributed by atoms with Crippen LogP contribution in [0.3, 0.4) is 0 Å². The third-order valence-electron chi connectivity index (χ3n) is 5.59. The van der Waals surface area contributed by atoms with Gasteiger partial charge in [0.05, 0.1) is 5.92 Å². The summed E-state index contributed by atoms with van der Waals surface area (Å²) >= 11 is 1.60. The number of amides is 1. The summed E-state index contributed by atoms with van der Waals surface area (Å²) in [6.07, 6.45) is 6.60. The molecule has 1 fully saturated rings. The Morgan fingerprint density at radius 2 is 2.21 bits per heavy atom. The quantitative estimate of drug-likeness (QED) is 0.530. The molecule has 1 aromatic carbocycles. The van der Waals surface area contributed by atoms with Gasteiger partial charge in [-0.1, -0.05) is 29.5 Å². The van der Waals surface area contributed by atoms with Crippen molar-refractivity contribution in [3.8, 4) is 0 Å². The number of fused-ring (bicyclic) bond motifs is 2. The number of aromatic nitrogens is 3. The molecule has 2 N–H and O–H groups in total. The molecule has 5 rings (SSSR count). The van der Waals surface area contributed by atoms with Crippen LogP contribution in [0, 0.1) is 5.92 Å². The smallest absolute Gasteiger partial charge is 0.224 e. The predicted octanol–water partition coefficient (Wildman–Crippen LogP) is 3.75. The van der Waals surface area contributed by atoms with Gasteiger partial charge in [-0.05, 0) is 43.0 Å². The molecule has 1 aliphatic rings. The summed E-state index contributed by atoms with van der Waals surface area (Å²) < 4.78 is 0. The number of nitrogens with one attached hydrogen (secondary N) is 2. The van der Waals surface area contributed by atoms with Gasteiger partial charge in [0.2, 0.25) is 5.91 Å². The maximum atomic E-state index is 12.8. The van der Waals surface area contributed by atoms with Crippen LogP contribution in [0.5, 0.6) is 0 Å². The van der Waals surface area contributed by atoms with E-state index in [1.807, 2.05) is 30.5 Å². The maximum Gasteiger partial charge on any atom is 0.224 e. The fourth-order valence-electron chi connectivity index (χ4n) is 4.06. The second-order valence-corrected chi connectivity index (χ2v) is 8.47. The van der Waals surface area contributed by atoms with Gasteiger partial charge in [-0.2, -0.15) is 0 Å². The molecule has 1 aliphatic heterocycles. The largest absolute Gasteiger partial charge is 0.361 e. The van der Waals surface area contributed by atoms with E-state index in [-0.39, 0.29) is 11.8 Å². The van der Waals surface area contributed by atoms with Crippen LogP contribution in [-0.2, 0) is 11.2 Å². The highest BCUT2D eigenvalue weighted by atomic mass is 32.1. The first-order valence-electron chi connectivity index (χ1n) is 10.1. The van der Waals surface area contributed by atoms with E-state index in [2.05, 4.69) is 32.3 Å². The minimum Gasteiger partial charge on any atom is -0.361 e. The highest BCUT2D eigenvalue weighted by Crippen LogP contribution is 2.30. The Hall–Kier alpha value is -2.93. The Morgan fingerprint density at radius 1 is 1.28 bits per heavy atom. The minimum atomic E-state index is 0.00619. The molecule has 29 heavy (non-hydrogen) atoms. The summed E-state index contributed by atoms with van der Waals surface area (Å²) in [5, 5.41) is 5.34. The molecule has 148 valence electrons. The number of pyridine rings is 1. The molecular formula is C22H23N5OS. The van der Waals surface area contributed by atoms with Gasteiger partial charge in [-0.25, -0.2) is 9.97 Å². The van der Waals surface area contributed by atoms with Crippen molar-refractivity contribution in [2.75, 3.05) is 24.5 Å². The number of rotatable bonds is 5. The van der Waals surface area contributed by atoms with Gasteiger partial charge < -0.3 is 15.2 Å². The molecule has 0 radical (unpaired) electrons. The van der Waals surface area contributed by atoms with Crippen LogP contribution in [0.4, 0.5) is 5.13 Å². The van der Waals surface area contributed by atoms with E-state index in [1.165, 1.54) is 10.9 Å².